The Morgan fingerprint density at radius 3 is 1.65 bits per heavy atom. The molecule has 0 fully saturated rings. The largest absolute Gasteiger partial charge is 0.355 e. The van der Waals surface area contributed by atoms with Crippen LogP contribution in [0.2, 0.25) is 0 Å². The highest BCUT2D eigenvalue weighted by Crippen LogP contribution is 2.44. The Bertz CT molecular complexity index is 4030. The van der Waals surface area contributed by atoms with Crippen molar-refractivity contribution in [1.82, 2.24) is 24.1 Å². The van der Waals surface area contributed by atoms with E-state index in [4.69, 9.17) is 15.0 Å². The molecule has 0 bridgehead atoms. The second-order valence-corrected chi connectivity index (χ2v) is 17.3. The fourth-order valence-electron chi connectivity index (χ4n) is 10.0. The van der Waals surface area contributed by atoms with Gasteiger partial charge in [0.2, 0.25) is 5.95 Å². The minimum Gasteiger partial charge on any atom is -0.355 e. The van der Waals surface area contributed by atoms with Crippen LogP contribution in [0.3, 0.4) is 0 Å². The van der Waals surface area contributed by atoms with Gasteiger partial charge in [-0.05, 0) is 76.9 Å². The van der Waals surface area contributed by atoms with Crippen molar-refractivity contribution in [3.05, 3.63) is 249 Å². The molecule has 3 aromatic heterocycles. The topological polar surface area (TPSA) is 60.6 Å². The number of rotatable bonds is 9. The lowest BCUT2D eigenvalue weighted by Crippen LogP contribution is -2.06. The van der Waals surface area contributed by atoms with Crippen LogP contribution < -0.4 is 5.32 Å². The van der Waals surface area contributed by atoms with Gasteiger partial charge in [0.15, 0.2) is 11.6 Å². The lowest BCUT2D eigenvalue weighted by Gasteiger charge is -2.16. The molecule has 13 aromatic rings. The Morgan fingerprint density at radius 1 is 0.319 bits per heavy atom. The summed E-state index contributed by atoms with van der Waals surface area (Å²) in [5.74, 6) is 1.72. The van der Waals surface area contributed by atoms with Gasteiger partial charge in [-0.1, -0.05) is 194 Å². The molecule has 0 radical (unpaired) electrons. The minimum absolute atomic E-state index is 0.545. The van der Waals surface area contributed by atoms with Gasteiger partial charge in [0.1, 0.15) is 0 Å². The van der Waals surface area contributed by atoms with E-state index in [0.717, 1.165) is 94.1 Å². The van der Waals surface area contributed by atoms with Crippen LogP contribution in [0.25, 0.3) is 111 Å². The molecule has 13 rings (SSSR count). The minimum atomic E-state index is 0.545. The van der Waals surface area contributed by atoms with Gasteiger partial charge in [0.25, 0.3) is 0 Å². The summed E-state index contributed by atoms with van der Waals surface area (Å²) < 4.78 is 4.70. The van der Waals surface area contributed by atoms with Gasteiger partial charge in [-0.25, -0.2) is 4.98 Å². The number of aromatic nitrogens is 5. The predicted molar refractivity (Wildman–Crippen MR) is 285 cm³/mol. The molecule has 6 heteroatoms. The predicted octanol–water partition coefficient (Wildman–Crippen LogP) is 16.1. The average molecular weight is 883 g/mol. The Hall–Kier alpha value is -9.39. The molecule has 324 valence electrons. The standard InChI is InChI=1S/C63H42N6/c1-5-20-42(21-6-1)45-36-38-57(53(41-45)43-22-7-2-8-23-43)68-56-35-18-15-32-52(56)59-58(68)39-37-51-50-31-14-17-34-55(50)69(60(51)59)63-66-61(44-24-9-3-10-25-44)65-62(67-63)47-27-19-26-46(40-47)49-30-13-16-33-54(49)64-48-28-11-4-12-29-48/h1-41,64H. The fourth-order valence-corrected chi connectivity index (χ4v) is 10.0. The summed E-state index contributed by atoms with van der Waals surface area (Å²) in [6.45, 7) is 0. The normalized spacial score (nSPS) is 11.5. The van der Waals surface area contributed by atoms with Crippen LogP contribution in [-0.2, 0) is 0 Å². The highest BCUT2D eigenvalue weighted by atomic mass is 15.2. The van der Waals surface area contributed by atoms with Crippen molar-refractivity contribution in [2.24, 2.45) is 0 Å². The Labute approximate surface area is 399 Å². The van der Waals surface area contributed by atoms with Gasteiger partial charge in [0, 0.05) is 55.2 Å². The van der Waals surface area contributed by atoms with Gasteiger partial charge in [-0.3, -0.25) is 4.57 Å². The molecular formula is C63H42N6. The van der Waals surface area contributed by atoms with Crippen molar-refractivity contribution in [2.75, 3.05) is 5.32 Å². The first-order valence-electron chi connectivity index (χ1n) is 23.3. The average Bonchev–Trinajstić information content (AvgIpc) is 3.95. The molecule has 0 amide bonds. The summed E-state index contributed by atoms with van der Waals surface area (Å²) in [6.07, 6.45) is 0. The summed E-state index contributed by atoms with van der Waals surface area (Å²) in [4.78, 5) is 16.1. The molecule has 0 aliphatic carbocycles. The third-order valence-corrected chi connectivity index (χ3v) is 13.2. The zero-order valence-electron chi connectivity index (χ0n) is 37.4. The van der Waals surface area contributed by atoms with E-state index in [9.17, 15) is 0 Å². The maximum absolute atomic E-state index is 5.46. The van der Waals surface area contributed by atoms with E-state index < -0.39 is 0 Å². The molecule has 0 atom stereocenters. The van der Waals surface area contributed by atoms with E-state index in [-0.39, 0.29) is 0 Å². The molecule has 0 spiro atoms. The molecule has 0 unspecified atom stereocenters. The van der Waals surface area contributed by atoms with Gasteiger partial charge in [0.05, 0.1) is 27.8 Å². The smallest absolute Gasteiger partial charge is 0.238 e. The summed E-state index contributed by atoms with van der Waals surface area (Å²) in [5.41, 5.74) is 16.0. The van der Waals surface area contributed by atoms with Crippen LogP contribution in [0.5, 0.6) is 0 Å². The van der Waals surface area contributed by atoms with E-state index in [1.54, 1.807) is 0 Å². The molecule has 0 aliphatic heterocycles. The van der Waals surface area contributed by atoms with Crippen molar-refractivity contribution in [2.45, 2.75) is 0 Å². The van der Waals surface area contributed by atoms with Crippen LogP contribution >= 0.6 is 0 Å². The molecular weight excluding hydrogens is 841 g/mol. The summed E-state index contributed by atoms with van der Waals surface area (Å²) in [6, 6.07) is 87.6. The molecule has 1 N–H and O–H groups in total. The second kappa shape index (κ2) is 16.8. The van der Waals surface area contributed by atoms with E-state index in [2.05, 4.69) is 227 Å². The number of fused-ring (bicyclic) bond motifs is 7. The summed E-state index contributed by atoms with van der Waals surface area (Å²) in [5, 5.41) is 8.14. The number of hydrogen-bond acceptors (Lipinski definition) is 4. The maximum atomic E-state index is 5.46. The molecule has 3 heterocycles. The van der Waals surface area contributed by atoms with Crippen molar-refractivity contribution in [3.63, 3.8) is 0 Å². The van der Waals surface area contributed by atoms with Crippen LogP contribution in [0.1, 0.15) is 0 Å². The summed E-state index contributed by atoms with van der Waals surface area (Å²) in [7, 11) is 0. The number of nitrogens with one attached hydrogen (secondary N) is 1. The Morgan fingerprint density at radius 2 is 0.899 bits per heavy atom. The quantitative estimate of drug-likeness (QED) is 0.157. The van der Waals surface area contributed by atoms with E-state index in [0.29, 0.717) is 17.6 Å². The Kier molecular flexibility index (Phi) is 9.72. The van der Waals surface area contributed by atoms with Crippen molar-refractivity contribution >= 4 is 55.0 Å². The molecule has 0 aliphatic rings. The lowest BCUT2D eigenvalue weighted by molar-refractivity contribution is 0.955. The molecule has 6 nitrogen and oxygen atoms in total. The summed E-state index contributed by atoms with van der Waals surface area (Å²) >= 11 is 0. The van der Waals surface area contributed by atoms with Crippen molar-refractivity contribution < 1.29 is 0 Å². The third-order valence-electron chi connectivity index (χ3n) is 13.2. The monoisotopic (exact) mass is 882 g/mol. The fraction of sp³-hybridized carbons (Fsp3) is 0. The van der Waals surface area contributed by atoms with Crippen molar-refractivity contribution in [1.29, 1.82) is 0 Å². The number of para-hydroxylation sites is 4. The number of benzene rings is 10. The first-order valence-corrected chi connectivity index (χ1v) is 23.3. The first-order chi connectivity index (χ1) is 34.2. The SMILES string of the molecule is c1ccc(Nc2ccccc2-c2cccc(-c3nc(-c4ccccc4)nc(-n4c5ccccc5c5ccc6c(c7ccccc7n6-c6ccc(-c7ccccc7)cc6-c6ccccc6)c54)n3)c2)cc1. The second-order valence-electron chi connectivity index (χ2n) is 17.3. The van der Waals surface area contributed by atoms with Gasteiger partial charge in [-0.2, -0.15) is 9.97 Å². The lowest BCUT2D eigenvalue weighted by atomic mass is 9.97. The first kappa shape index (κ1) is 39.9. The van der Waals surface area contributed by atoms with Gasteiger partial charge in [-0.15, -0.1) is 0 Å². The highest BCUT2D eigenvalue weighted by Gasteiger charge is 2.24. The zero-order valence-corrected chi connectivity index (χ0v) is 37.4. The molecule has 0 saturated carbocycles. The molecule has 69 heavy (non-hydrogen) atoms. The van der Waals surface area contributed by atoms with E-state index >= 15 is 0 Å². The molecule has 10 aromatic carbocycles. The van der Waals surface area contributed by atoms with Gasteiger partial charge < -0.3 is 9.88 Å². The van der Waals surface area contributed by atoms with E-state index in [1.807, 2.05) is 36.4 Å². The number of hydrogen-bond donors (Lipinski definition) is 1. The zero-order chi connectivity index (χ0) is 45.7. The van der Waals surface area contributed by atoms with Crippen LogP contribution in [0.4, 0.5) is 11.4 Å². The van der Waals surface area contributed by atoms with E-state index in [1.165, 1.54) is 11.1 Å². The van der Waals surface area contributed by atoms with Gasteiger partial charge >= 0.3 is 0 Å². The maximum Gasteiger partial charge on any atom is 0.238 e. The number of nitrogens with zero attached hydrogens (tertiary/aromatic N) is 5. The molecule has 0 saturated heterocycles. The number of anilines is 2. The van der Waals surface area contributed by atoms with Crippen LogP contribution in [0, 0.1) is 0 Å². The van der Waals surface area contributed by atoms with Crippen molar-refractivity contribution in [3.8, 4) is 67.8 Å². The van der Waals surface area contributed by atoms with Crippen LogP contribution in [-0.4, -0.2) is 24.1 Å². The third kappa shape index (κ3) is 7.02. The highest BCUT2D eigenvalue weighted by molar-refractivity contribution is 6.26. The Balaban J connectivity index is 1.06. The van der Waals surface area contributed by atoms with Crippen LogP contribution in [0.15, 0.2) is 249 Å².